The van der Waals surface area contributed by atoms with Gasteiger partial charge in [-0.05, 0) is 57.5 Å². The van der Waals surface area contributed by atoms with Crippen molar-refractivity contribution in [3.05, 3.63) is 57.2 Å². The van der Waals surface area contributed by atoms with Crippen LogP contribution in [0.5, 0.6) is 0 Å². The lowest BCUT2D eigenvalue weighted by Crippen LogP contribution is -2.31. The van der Waals surface area contributed by atoms with Crippen LogP contribution in [0.2, 0.25) is 0 Å². The van der Waals surface area contributed by atoms with Gasteiger partial charge in [-0.25, -0.2) is 14.2 Å². The van der Waals surface area contributed by atoms with Gasteiger partial charge >= 0.3 is 5.97 Å². The SMILES string of the molecule is Cc1c(C(=O)OC(C)C)sc2ncn(C(C)C(=O)Nc3ccc(F)cc3)c(=O)c12. The van der Waals surface area contributed by atoms with Crippen LogP contribution in [-0.4, -0.2) is 27.5 Å². The van der Waals surface area contributed by atoms with Gasteiger partial charge in [0.2, 0.25) is 5.91 Å². The van der Waals surface area contributed by atoms with Gasteiger partial charge in [-0.1, -0.05) is 0 Å². The van der Waals surface area contributed by atoms with Gasteiger partial charge in [-0.2, -0.15) is 0 Å². The van der Waals surface area contributed by atoms with Gasteiger partial charge in [0.25, 0.3) is 5.56 Å². The molecule has 0 radical (unpaired) electrons. The van der Waals surface area contributed by atoms with Gasteiger partial charge in [-0.15, -0.1) is 11.3 Å². The molecule has 0 aliphatic carbocycles. The molecule has 0 aliphatic heterocycles. The summed E-state index contributed by atoms with van der Waals surface area (Å²) in [5, 5.41) is 2.92. The number of hydrogen-bond acceptors (Lipinski definition) is 6. The molecule has 3 aromatic rings. The molecule has 1 N–H and O–H groups in total. The third kappa shape index (κ3) is 4.19. The van der Waals surface area contributed by atoms with Crippen molar-refractivity contribution in [1.29, 1.82) is 0 Å². The fourth-order valence-corrected chi connectivity index (χ4v) is 3.80. The van der Waals surface area contributed by atoms with Crippen LogP contribution < -0.4 is 10.9 Å². The van der Waals surface area contributed by atoms with Crippen LogP contribution in [0, 0.1) is 12.7 Å². The highest BCUT2D eigenvalue weighted by molar-refractivity contribution is 7.20. The number of amides is 1. The molecule has 29 heavy (non-hydrogen) atoms. The van der Waals surface area contributed by atoms with Crippen molar-refractivity contribution >= 4 is 39.1 Å². The van der Waals surface area contributed by atoms with Crippen LogP contribution in [0.3, 0.4) is 0 Å². The molecule has 2 aromatic heterocycles. The van der Waals surface area contributed by atoms with Crippen molar-refractivity contribution in [3.63, 3.8) is 0 Å². The minimum Gasteiger partial charge on any atom is -0.459 e. The van der Waals surface area contributed by atoms with Gasteiger partial charge in [0.15, 0.2) is 0 Å². The van der Waals surface area contributed by atoms with Crippen molar-refractivity contribution in [1.82, 2.24) is 9.55 Å². The maximum absolute atomic E-state index is 13.0. The Hall–Kier alpha value is -3.07. The normalized spacial score (nSPS) is 12.2. The topological polar surface area (TPSA) is 90.3 Å². The van der Waals surface area contributed by atoms with Crippen LogP contribution in [0.25, 0.3) is 10.2 Å². The van der Waals surface area contributed by atoms with Gasteiger partial charge in [0, 0.05) is 5.69 Å². The molecule has 2 heterocycles. The first kappa shape index (κ1) is 20.7. The maximum atomic E-state index is 13.0. The first-order valence-corrected chi connectivity index (χ1v) is 9.78. The van der Waals surface area contributed by atoms with E-state index in [0.717, 1.165) is 11.3 Å². The summed E-state index contributed by atoms with van der Waals surface area (Å²) in [5.41, 5.74) is 0.471. The summed E-state index contributed by atoms with van der Waals surface area (Å²) in [6.07, 6.45) is 1.000. The number of fused-ring (bicyclic) bond motifs is 1. The first-order chi connectivity index (χ1) is 13.7. The van der Waals surface area contributed by atoms with Crippen molar-refractivity contribution in [2.24, 2.45) is 0 Å². The number of nitrogens with zero attached hydrogens (tertiary/aromatic N) is 2. The lowest BCUT2D eigenvalue weighted by Gasteiger charge is -2.15. The van der Waals surface area contributed by atoms with Crippen LogP contribution in [0.15, 0.2) is 35.4 Å². The van der Waals surface area contributed by atoms with Gasteiger partial charge < -0.3 is 10.1 Å². The molecular weight excluding hydrogens is 397 g/mol. The largest absolute Gasteiger partial charge is 0.459 e. The summed E-state index contributed by atoms with van der Waals surface area (Å²) in [4.78, 5) is 42.8. The van der Waals surface area contributed by atoms with E-state index in [9.17, 15) is 18.8 Å². The number of thiophene rings is 1. The quantitative estimate of drug-likeness (QED) is 0.640. The smallest absolute Gasteiger partial charge is 0.348 e. The van der Waals surface area contributed by atoms with Crippen molar-refractivity contribution in [2.45, 2.75) is 39.8 Å². The Morgan fingerprint density at radius 2 is 1.86 bits per heavy atom. The number of aryl methyl sites for hydroxylation is 1. The molecule has 9 heteroatoms. The fraction of sp³-hybridized carbons (Fsp3) is 0.300. The van der Waals surface area contributed by atoms with E-state index in [1.165, 1.54) is 35.2 Å². The fourth-order valence-electron chi connectivity index (χ4n) is 2.78. The standard InChI is InChI=1S/C20H20FN3O4S/c1-10(2)28-20(27)16-11(3)15-18(29-16)22-9-24(19(15)26)12(4)17(25)23-14-7-5-13(21)6-8-14/h5-10,12H,1-4H3,(H,23,25). The van der Waals surface area contributed by atoms with Crippen LogP contribution in [-0.2, 0) is 9.53 Å². The number of aromatic nitrogens is 2. The number of benzene rings is 1. The summed E-state index contributed by atoms with van der Waals surface area (Å²) < 4.78 is 19.4. The Labute approximate surface area is 170 Å². The number of rotatable bonds is 5. The molecule has 152 valence electrons. The van der Waals surface area contributed by atoms with Gasteiger partial charge in [0.1, 0.15) is 21.6 Å². The number of hydrogen-bond donors (Lipinski definition) is 1. The molecular formula is C20H20FN3O4S. The monoisotopic (exact) mass is 417 g/mol. The van der Waals surface area contributed by atoms with Crippen molar-refractivity contribution in [3.8, 4) is 0 Å². The molecule has 1 amide bonds. The number of carbonyl (C=O) groups excluding carboxylic acids is 2. The zero-order valence-electron chi connectivity index (χ0n) is 16.4. The Balaban J connectivity index is 1.93. The Bertz CT molecular complexity index is 1140. The Kier molecular flexibility index (Phi) is 5.78. The van der Waals surface area contributed by atoms with Crippen molar-refractivity contribution in [2.75, 3.05) is 5.32 Å². The molecule has 1 unspecified atom stereocenters. The summed E-state index contributed by atoms with van der Waals surface area (Å²) in [7, 11) is 0. The lowest BCUT2D eigenvalue weighted by molar-refractivity contribution is -0.118. The van der Waals surface area contributed by atoms with E-state index in [-0.39, 0.29) is 11.5 Å². The molecule has 0 spiro atoms. The second-order valence-electron chi connectivity index (χ2n) is 6.82. The molecule has 0 saturated carbocycles. The van der Waals surface area contributed by atoms with E-state index in [0.29, 0.717) is 21.0 Å². The second kappa shape index (κ2) is 8.12. The number of halogens is 1. The molecule has 7 nitrogen and oxygen atoms in total. The first-order valence-electron chi connectivity index (χ1n) is 8.96. The van der Waals surface area contributed by atoms with Crippen molar-refractivity contribution < 1.29 is 18.7 Å². The summed E-state index contributed by atoms with van der Waals surface area (Å²) >= 11 is 1.09. The zero-order chi connectivity index (χ0) is 21.3. The summed E-state index contributed by atoms with van der Waals surface area (Å²) in [5.74, 6) is -1.37. The predicted octanol–water partition coefficient (Wildman–Crippen LogP) is 3.67. The number of nitrogens with one attached hydrogen (secondary N) is 1. The molecule has 3 rings (SSSR count). The minimum atomic E-state index is -0.866. The summed E-state index contributed by atoms with van der Waals surface area (Å²) in [6.45, 7) is 6.70. The molecule has 0 fully saturated rings. The van der Waals surface area contributed by atoms with Gasteiger partial charge in [-0.3, -0.25) is 14.2 Å². The predicted molar refractivity (Wildman–Crippen MR) is 109 cm³/mol. The van der Waals surface area contributed by atoms with E-state index < -0.39 is 29.3 Å². The number of anilines is 1. The van der Waals surface area contributed by atoms with E-state index in [1.807, 2.05) is 0 Å². The zero-order valence-corrected chi connectivity index (χ0v) is 17.2. The van der Waals surface area contributed by atoms with Crippen LogP contribution in [0.1, 0.15) is 42.0 Å². The Morgan fingerprint density at radius 1 is 1.21 bits per heavy atom. The number of carbonyl (C=O) groups is 2. The highest BCUT2D eigenvalue weighted by atomic mass is 32.1. The number of esters is 1. The Morgan fingerprint density at radius 3 is 2.48 bits per heavy atom. The van der Waals surface area contributed by atoms with E-state index >= 15 is 0 Å². The summed E-state index contributed by atoms with van der Waals surface area (Å²) in [6, 6.07) is 4.45. The van der Waals surface area contributed by atoms with E-state index in [1.54, 1.807) is 27.7 Å². The average molecular weight is 417 g/mol. The second-order valence-corrected chi connectivity index (χ2v) is 7.82. The lowest BCUT2D eigenvalue weighted by atomic mass is 10.2. The highest BCUT2D eigenvalue weighted by Crippen LogP contribution is 2.28. The average Bonchev–Trinajstić information content (AvgIpc) is 3.00. The third-order valence-corrected chi connectivity index (χ3v) is 5.49. The van der Waals surface area contributed by atoms with Gasteiger partial charge in [0.05, 0.1) is 17.8 Å². The third-order valence-electron chi connectivity index (χ3n) is 4.31. The molecule has 0 saturated heterocycles. The number of ether oxygens (including phenoxy) is 1. The van der Waals surface area contributed by atoms with Crippen LogP contribution in [0.4, 0.5) is 10.1 Å². The van der Waals surface area contributed by atoms with Crippen LogP contribution >= 0.6 is 11.3 Å². The molecule has 1 aromatic carbocycles. The molecule has 0 aliphatic rings. The van der Waals surface area contributed by atoms with E-state index in [4.69, 9.17) is 4.74 Å². The van der Waals surface area contributed by atoms with E-state index in [2.05, 4.69) is 10.3 Å². The molecule has 0 bridgehead atoms. The molecule has 1 atom stereocenters. The minimum absolute atomic E-state index is 0.285. The maximum Gasteiger partial charge on any atom is 0.348 e. The highest BCUT2D eigenvalue weighted by Gasteiger charge is 2.24.